The van der Waals surface area contributed by atoms with Gasteiger partial charge in [-0.25, -0.2) is 9.97 Å². The summed E-state index contributed by atoms with van der Waals surface area (Å²) in [6, 6.07) is 0. The molecular formula is C16H26N4S. The van der Waals surface area contributed by atoms with Crippen molar-refractivity contribution in [2.45, 2.75) is 50.7 Å². The summed E-state index contributed by atoms with van der Waals surface area (Å²) in [7, 11) is 1.96. The molecule has 0 unspecified atom stereocenters. The topological polar surface area (TPSA) is 41.1 Å². The lowest BCUT2D eigenvalue weighted by molar-refractivity contribution is 0.633. The molecule has 2 aliphatic rings. The Bertz CT molecular complexity index is 525. The molecule has 1 aliphatic carbocycles. The quantitative estimate of drug-likeness (QED) is 0.926. The van der Waals surface area contributed by atoms with E-state index in [0.29, 0.717) is 10.7 Å². The fourth-order valence-corrected chi connectivity index (χ4v) is 3.93. The maximum atomic E-state index is 4.92. The molecule has 1 N–H and O–H groups in total. The van der Waals surface area contributed by atoms with Gasteiger partial charge in [0.1, 0.15) is 17.5 Å². The Morgan fingerprint density at radius 3 is 2.67 bits per heavy atom. The molecule has 0 aromatic carbocycles. The smallest absolute Gasteiger partial charge is 0.137 e. The third kappa shape index (κ3) is 3.28. The molecule has 1 saturated carbocycles. The highest BCUT2D eigenvalue weighted by Gasteiger charge is 2.30. The molecule has 5 heteroatoms. The lowest BCUT2D eigenvalue weighted by Crippen LogP contribution is -2.29. The van der Waals surface area contributed by atoms with Gasteiger partial charge in [0.2, 0.25) is 0 Å². The van der Waals surface area contributed by atoms with E-state index in [4.69, 9.17) is 9.97 Å². The lowest BCUT2D eigenvalue weighted by atomic mass is 10.1. The molecule has 116 valence electrons. The number of nitrogens with one attached hydrogen (secondary N) is 1. The monoisotopic (exact) mass is 306 g/mol. The number of anilines is 2. The summed E-state index contributed by atoms with van der Waals surface area (Å²) in [5.41, 5.74) is 1.19. The predicted octanol–water partition coefficient (Wildman–Crippen LogP) is 3.43. The SMILES string of the molecule is CNc1nc(C2CC2)nc(N2CCSC(C)(C)CC2)c1C. The van der Waals surface area contributed by atoms with Gasteiger partial charge < -0.3 is 10.2 Å². The molecule has 21 heavy (non-hydrogen) atoms. The van der Waals surface area contributed by atoms with Gasteiger partial charge in [-0.15, -0.1) is 0 Å². The first-order valence-electron chi connectivity index (χ1n) is 7.95. The minimum absolute atomic E-state index is 0.376. The van der Waals surface area contributed by atoms with E-state index in [1.807, 2.05) is 7.05 Å². The Morgan fingerprint density at radius 2 is 2.00 bits per heavy atom. The molecule has 2 heterocycles. The number of aromatic nitrogens is 2. The summed E-state index contributed by atoms with van der Waals surface area (Å²) in [4.78, 5) is 12.1. The summed E-state index contributed by atoms with van der Waals surface area (Å²) >= 11 is 2.08. The Kier molecular flexibility index (Phi) is 4.04. The highest BCUT2D eigenvalue weighted by molar-refractivity contribution is 8.00. The zero-order chi connectivity index (χ0) is 15.0. The van der Waals surface area contributed by atoms with Gasteiger partial charge >= 0.3 is 0 Å². The van der Waals surface area contributed by atoms with Gasteiger partial charge in [0.15, 0.2) is 0 Å². The number of nitrogens with zero attached hydrogens (tertiary/aromatic N) is 3. The Balaban J connectivity index is 1.91. The lowest BCUT2D eigenvalue weighted by Gasteiger charge is -2.25. The molecule has 2 fully saturated rings. The van der Waals surface area contributed by atoms with Crippen LogP contribution in [0.2, 0.25) is 0 Å². The first-order chi connectivity index (χ1) is 10.00. The highest BCUT2D eigenvalue weighted by Crippen LogP contribution is 2.40. The molecule has 1 aliphatic heterocycles. The first kappa shape index (κ1) is 14.9. The van der Waals surface area contributed by atoms with Crippen LogP contribution in [0.3, 0.4) is 0 Å². The average Bonchev–Trinajstić information content (AvgIpc) is 3.27. The number of thioether (sulfide) groups is 1. The van der Waals surface area contributed by atoms with Crippen molar-refractivity contribution in [3.05, 3.63) is 11.4 Å². The van der Waals surface area contributed by atoms with Crippen LogP contribution in [0.4, 0.5) is 11.6 Å². The van der Waals surface area contributed by atoms with Crippen molar-refractivity contribution in [1.29, 1.82) is 0 Å². The second-order valence-corrected chi connectivity index (χ2v) is 8.55. The van der Waals surface area contributed by atoms with Crippen LogP contribution in [0.15, 0.2) is 0 Å². The number of hydrogen-bond donors (Lipinski definition) is 1. The zero-order valence-corrected chi connectivity index (χ0v) is 14.4. The van der Waals surface area contributed by atoms with Gasteiger partial charge in [-0.1, -0.05) is 13.8 Å². The summed E-state index contributed by atoms with van der Waals surface area (Å²) in [6.07, 6.45) is 3.69. The van der Waals surface area contributed by atoms with E-state index < -0.39 is 0 Å². The van der Waals surface area contributed by atoms with Crippen LogP contribution in [0.1, 0.15) is 50.4 Å². The van der Waals surface area contributed by atoms with Gasteiger partial charge in [0.25, 0.3) is 0 Å². The van der Waals surface area contributed by atoms with E-state index in [2.05, 4.69) is 42.7 Å². The molecule has 0 bridgehead atoms. The van der Waals surface area contributed by atoms with Crippen molar-refractivity contribution < 1.29 is 0 Å². The normalized spacial score (nSPS) is 22.0. The van der Waals surface area contributed by atoms with E-state index in [1.54, 1.807) is 0 Å². The second-order valence-electron chi connectivity index (χ2n) is 6.75. The average molecular weight is 306 g/mol. The van der Waals surface area contributed by atoms with Gasteiger partial charge in [0.05, 0.1) is 0 Å². The van der Waals surface area contributed by atoms with Crippen molar-refractivity contribution in [1.82, 2.24) is 9.97 Å². The molecule has 0 spiro atoms. The maximum Gasteiger partial charge on any atom is 0.137 e. The Hall–Kier alpha value is -0.970. The van der Waals surface area contributed by atoms with Crippen LogP contribution >= 0.6 is 11.8 Å². The summed E-state index contributed by atoms with van der Waals surface area (Å²) in [5, 5.41) is 3.25. The van der Waals surface area contributed by atoms with Crippen molar-refractivity contribution in [2.24, 2.45) is 0 Å². The Morgan fingerprint density at radius 1 is 1.24 bits per heavy atom. The van der Waals surface area contributed by atoms with Crippen LogP contribution in [-0.4, -0.2) is 40.6 Å². The number of rotatable bonds is 3. The molecular weight excluding hydrogens is 280 g/mol. The van der Waals surface area contributed by atoms with Crippen molar-refractivity contribution >= 4 is 23.4 Å². The van der Waals surface area contributed by atoms with E-state index in [1.165, 1.54) is 30.6 Å². The van der Waals surface area contributed by atoms with Crippen molar-refractivity contribution in [3.63, 3.8) is 0 Å². The minimum atomic E-state index is 0.376. The molecule has 4 nitrogen and oxygen atoms in total. The molecule has 0 amide bonds. The largest absolute Gasteiger partial charge is 0.373 e. The van der Waals surface area contributed by atoms with Gasteiger partial charge in [-0.05, 0) is 26.2 Å². The molecule has 1 aromatic heterocycles. The fourth-order valence-electron chi connectivity index (χ4n) is 2.83. The minimum Gasteiger partial charge on any atom is -0.373 e. The summed E-state index contributed by atoms with van der Waals surface area (Å²) in [6.45, 7) is 9.01. The molecule has 0 atom stereocenters. The number of hydrogen-bond acceptors (Lipinski definition) is 5. The maximum absolute atomic E-state index is 4.92. The van der Waals surface area contributed by atoms with E-state index in [9.17, 15) is 0 Å². The summed E-state index contributed by atoms with van der Waals surface area (Å²) < 4.78 is 0.376. The van der Waals surface area contributed by atoms with Crippen LogP contribution in [-0.2, 0) is 0 Å². The standard InChI is InChI=1S/C16H26N4S/c1-11-13(17-4)18-14(12-5-6-12)19-15(11)20-8-7-16(2,3)21-10-9-20/h12H,5-10H2,1-4H3,(H,17,18,19). The van der Waals surface area contributed by atoms with Crippen LogP contribution in [0, 0.1) is 6.92 Å². The molecule has 1 aromatic rings. The molecule has 1 saturated heterocycles. The van der Waals surface area contributed by atoms with Gasteiger partial charge in [0, 0.05) is 42.1 Å². The van der Waals surface area contributed by atoms with Crippen LogP contribution < -0.4 is 10.2 Å². The third-order valence-corrected chi connectivity index (χ3v) is 5.83. The highest BCUT2D eigenvalue weighted by atomic mass is 32.2. The Labute approximate surface area is 132 Å². The van der Waals surface area contributed by atoms with Gasteiger partial charge in [-0.2, -0.15) is 11.8 Å². The zero-order valence-electron chi connectivity index (χ0n) is 13.6. The van der Waals surface area contributed by atoms with Crippen molar-refractivity contribution in [2.75, 3.05) is 36.1 Å². The van der Waals surface area contributed by atoms with Gasteiger partial charge in [-0.3, -0.25) is 0 Å². The van der Waals surface area contributed by atoms with E-state index >= 15 is 0 Å². The van der Waals surface area contributed by atoms with Crippen LogP contribution in [0.25, 0.3) is 0 Å². The van der Waals surface area contributed by atoms with E-state index in [0.717, 1.165) is 30.5 Å². The van der Waals surface area contributed by atoms with Crippen molar-refractivity contribution in [3.8, 4) is 0 Å². The predicted molar refractivity (Wildman–Crippen MR) is 91.7 cm³/mol. The fraction of sp³-hybridized carbons (Fsp3) is 0.750. The molecule has 3 rings (SSSR count). The van der Waals surface area contributed by atoms with E-state index in [-0.39, 0.29) is 0 Å². The second kappa shape index (κ2) is 5.67. The summed E-state index contributed by atoms with van der Waals surface area (Å²) in [5.74, 6) is 4.95. The third-order valence-electron chi connectivity index (χ3n) is 4.45. The van der Waals surface area contributed by atoms with Crippen LogP contribution in [0.5, 0.6) is 0 Å². The first-order valence-corrected chi connectivity index (χ1v) is 8.94. The molecule has 0 radical (unpaired) electrons.